The van der Waals surface area contributed by atoms with Gasteiger partial charge in [-0.1, -0.05) is 18.2 Å². The fourth-order valence-electron chi connectivity index (χ4n) is 4.46. The number of nitrogens with one attached hydrogen (secondary N) is 1. The van der Waals surface area contributed by atoms with Gasteiger partial charge in [0.05, 0.1) is 26.3 Å². The van der Waals surface area contributed by atoms with Crippen molar-refractivity contribution in [3.63, 3.8) is 0 Å². The molecule has 8 heteroatoms. The maximum Gasteiger partial charge on any atom is 0.287 e. The Morgan fingerprint density at radius 2 is 2.07 bits per heavy atom. The third-order valence-electron chi connectivity index (χ3n) is 5.90. The number of carbonyl (C=O) groups excluding carboxylic acids is 2. The molecule has 2 aliphatic rings. The van der Waals surface area contributed by atoms with Crippen LogP contribution in [0.25, 0.3) is 0 Å². The summed E-state index contributed by atoms with van der Waals surface area (Å²) in [5, 5.41) is 3.03. The number of hydrogen-bond donors (Lipinski definition) is 2. The Balaban J connectivity index is 1.85. The highest BCUT2D eigenvalue weighted by molar-refractivity contribution is 5.96. The minimum absolute atomic E-state index is 0.0306. The zero-order chi connectivity index (χ0) is 21.5. The van der Waals surface area contributed by atoms with Crippen molar-refractivity contribution in [3.05, 3.63) is 47.0 Å². The number of ether oxygens (including phenoxy) is 3. The molecule has 0 radical (unpaired) electrons. The lowest BCUT2D eigenvalue weighted by molar-refractivity contribution is -0.924. The molecular formula is C22H26N3O5+. The zero-order valence-electron chi connectivity index (χ0n) is 17.4. The van der Waals surface area contributed by atoms with Crippen LogP contribution in [-0.2, 0) is 16.0 Å². The molecule has 30 heavy (non-hydrogen) atoms. The van der Waals surface area contributed by atoms with Crippen LogP contribution < -0.4 is 25.3 Å². The van der Waals surface area contributed by atoms with E-state index in [0.29, 0.717) is 35.8 Å². The van der Waals surface area contributed by atoms with Crippen molar-refractivity contribution in [2.45, 2.75) is 19.4 Å². The minimum atomic E-state index is -0.703. The summed E-state index contributed by atoms with van der Waals surface area (Å²) >= 11 is 0. The van der Waals surface area contributed by atoms with E-state index in [9.17, 15) is 9.59 Å². The maximum atomic E-state index is 13.6. The molecule has 2 heterocycles. The summed E-state index contributed by atoms with van der Waals surface area (Å²) in [7, 11) is 3.42. The Labute approximate surface area is 175 Å². The molecule has 0 spiro atoms. The standard InChI is InChI=1S/C22H25N3O5/c1-13-6-4-5-7-15(13)24-22(27)19-18-14(8-9-25(19,2)11-17(23)26)10-16-20(21(18)28-3)30-12-29-16/h4-7,10,19H,8-9,11-12H2,1-3H3,(H2-,23,24,26,27)/p+1/t19-,25+/m0/s1. The summed E-state index contributed by atoms with van der Waals surface area (Å²) < 4.78 is 17.0. The van der Waals surface area contributed by atoms with Gasteiger partial charge >= 0.3 is 0 Å². The maximum absolute atomic E-state index is 13.6. The lowest BCUT2D eigenvalue weighted by Gasteiger charge is -2.44. The number of aryl methyl sites for hydroxylation is 1. The van der Waals surface area contributed by atoms with Gasteiger partial charge in [0.1, 0.15) is 0 Å². The number of likely N-dealkylation sites (N-methyl/N-ethyl adjacent to an activating group) is 1. The molecule has 0 bridgehead atoms. The number of quaternary nitrogens is 1. The molecule has 0 unspecified atom stereocenters. The fraction of sp³-hybridized carbons (Fsp3) is 0.364. The largest absolute Gasteiger partial charge is 0.492 e. The Morgan fingerprint density at radius 1 is 1.30 bits per heavy atom. The molecule has 0 saturated carbocycles. The summed E-state index contributed by atoms with van der Waals surface area (Å²) in [6.07, 6.45) is 0.653. The molecule has 0 aliphatic carbocycles. The van der Waals surface area contributed by atoms with Gasteiger partial charge in [-0.05, 0) is 30.2 Å². The second kappa shape index (κ2) is 7.53. The van der Waals surface area contributed by atoms with Gasteiger partial charge in [-0.2, -0.15) is 0 Å². The van der Waals surface area contributed by atoms with Gasteiger partial charge < -0.3 is 29.7 Å². The van der Waals surface area contributed by atoms with Crippen LogP contribution in [0.1, 0.15) is 22.7 Å². The van der Waals surface area contributed by atoms with Gasteiger partial charge in [0.15, 0.2) is 24.1 Å². The average molecular weight is 412 g/mol. The predicted octanol–water partition coefficient (Wildman–Crippen LogP) is 1.90. The predicted molar refractivity (Wildman–Crippen MR) is 110 cm³/mol. The average Bonchev–Trinajstić information content (AvgIpc) is 3.15. The number of anilines is 1. The van der Waals surface area contributed by atoms with Crippen LogP contribution in [0.4, 0.5) is 5.69 Å². The summed E-state index contributed by atoms with van der Waals surface area (Å²) in [5.41, 5.74) is 8.89. The molecule has 2 aromatic rings. The first kappa shape index (κ1) is 20.0. The molecule has 0 aromatic heterocycles. The second-order valence-corrected chi connectivity index (χ2v) is 8.00. The molecule has 4 rings (SSSR count). The van der Waals surface area contributed by atoms with E-state index in [4.69, 9.17) is 19.9 Å². The molecule has 2 amide bonds. The van der Waals surface area contributed by atoms with Crippen LogP contribution in [-0.4, -0.2) is 50.3 Å². The van der Waals surface area contributed by atoms with Crippen molar-refractivity contribution in [3.8, 4) is 17.2 Å². The van der Waals surface area contributed by atoms with Crippen molar-refractivity contribution < 1.29 is 28.3 Å². The number of nitrogens with zero attached hydrogens (tertiary/aromatic N) is 1. The Morgan fingerprint density at radius 3 is 2.77 bits per heavy atom. The summed E-state index contributed by atoms with van der Waals surface area (Å²) in [5.74, 6) is 0.867. The van der Waals surface area contributed by atoms with E-state index in [1.165, 1.54) is 0 Å². The van der Waals surface area contributed by atoms with Gasteiger partial charge in [-0.15, -0.1) is 0 Å². The van der Waals surface area contributed by atoms with Gasteiger partial charge in [-0.25, -0.2) is 0 Å². The van der Waals surface area contributed by atoms with Gasteiger partial charge in [0.25, 0.3) is 11.8 Å². The van der Waals surface area contributed by atoms with E-state index in [2.05, 4.69) is 5.32 Å². The SMILES string of the molecule is COc1c2c(cc3c1[C@@H](C(=O)Nc1ccccc1C)[N@@+](C)(CC(N)=O)CC3)OCO2. The smallest absolute Gasteiger partial charge is 0.287 e. The Kier molecular flexibility index (Phi) is 5.03. The number of benzene rings is 2. The fourth-order valence-corrected chi connectivity index (χ4v) is 4.46. The number of fused-ring (bicyclic) bond motifs is 2. The van der Waals surface area contributed by atoms with Crippen molar-refractivity contribution >= 4 is 17.5 Å². The minimum Gasteiger partial charge on any atom is -0.492 e. The first-order chi connectivity index (χ1) is 14.3. The number of hydrogen-bond acceptors (Lipinski definition) is 5. The van der Waals surface area contributed by atoms with Crippen molar-refractivity contribution in [2.75, 3.05) is 39.4 Å². The third-order valence-corrected chi connectivity index (χ3v) is 5.90. The molecule has 8 nitrogen and oxygen atoms in total. The normalized spacial score (nSPS) is 21.6. The van der Waals surface area contributed by atoms with Crippen molar-refractivity contribution in [2.24, 2.45) is 5.73 Å². The summed E-state index contributed by atoms with van der Waals surface area (Å²) in [4.78, 5) is 25.5. The van der Waals surface area contributed by atoms with Crippen LogP contribution in [0.3, 0.4) is 0 Å². The highest BCUT2D eigenvalue weighted by atomic mass is 16.7. The Hall–Kier alpha value is -3.26. The van der Waals surface area contributed by atoms with Crippen LogP contribution >= 0.6 is 0 Å². The molecule has 3 N–H and O–H groups in total. The summed E-state index contributed by atoms with van der Waals surface area (Å²) in [6, 6.07) is 8.77. The molecule has 0 saturated heterocycles. The lowest BCUT2D eigenvalue weighted by atomic mass is 9.88. The van der Waals surface area contributed by atoms with E-state index in [0.717, 1.165) is 16.8 Å². The number of carbonyl (C=O) groups is 2. The van der Waals surface area contributed by atoms with Crippen molar-refractivity contribution in [1.29, 1.82) is 0 Å². The number of nitrogens with two attached hydrogens (primary N) is 1. The molecular weight excluding hydrogens is 386 g/mol. The summed E-state index contributed by atoms with van der Waals surface area (Å²) in [6.45, 7) is 2.64. The van der Waals surface area contributed by atoms with Crippen LogP contribution in [0.2, 0.25) is 0 Å². The van der Waals surface area contributed by atoms with E-state index in [1.807, 2.05) is 44.3 Å². The topological polar surface area (TPSA) is 99.9 Å². The lowest BCUT2D eigenvalue weighted by Crippen LogP contribution is -2.58. The van der Waals surface area contributed by atoms with Gasteiger partial charge in [0.2, 0.25) is 12.5 Å². The number of para-hydroxylation sites is 1. The number of amides is 2. The molecule has 2 aliphatic heterocycles. The van der Waals surface area contributed by atoms with E-state index in [1.54, 1.807) is 7.11 Å². The molecule has 2 atom stereocenters. The number of primary amides is 1. The first-order valence-electron chi connectivity index (χ1n) is 9.82. The molecule has 0 fully saturated rings. The van der Waals surface area contributed by atoms with E-state index >= 15 is 0 Å². The number of methoxy groups -OCH3 is 1. The number of rotatable bonds is 5. The van der Waals surface area contributed by atoms with Crippen molar-refractivity contribution in [1.82, 2.24) is 0 Å². The third kappa shape index (κ3) is 3.33. The van der Waals surface area contributed by atoms with Crippen LogP contribution in [0, 0.1) is 6.92 Å². The van der Waals surface area contributed by atoms with Crippen LogP contribution in [0.5, 0.6) is 17.2 Å². The van der Waals surface area contributed by atoms with Gasteiger partial charge in [0, 0.05) is 12.1 Å². The quantitative estimate of drug-likeness (QED) is 0.731. The monoisotopic (exact) mass is 412 g/mol. The Bertz CT molecular complexity index is 1020. The highest BCUT2D eigenvalue weighted by Gasteiger charge is 2.48. The second-order valence-electron chi connectivity index (χ2n) is 8.00. The van der Waals surface area contributed by atoms with E-state index < -0.39 is 11.9 Å². The zero-order valence-corrected chi connectivity index (χ0v) is 17.4. The van der Waals surface area contributed by atoms with Gasteiger partial charge in [-0.3, -0.25) is 9.59 Å². The molecule has 158 valence electrons. The highest BCUT2D eigenvalue weighted by Crippen LogP contribution is 2.51. The molecule has 2 aromatic carbocycles. The van der Waals surface area contributed by atoms with E-state index in [-0.39, 0.29) is 23.7 Å². The first-order valence-corrected chi connectivity index (χ1v) is 9.82. The van der Waals surface area contributed by atoms with Crippen LogP contribution in [0.15, 0.2) is 30.3 Å².